The maximum atomic E-state index is 14.2. The summed E-state index contributed by atoms with van der Waals surface area (Å²) in [7, 11) is -4.62. The average molecular weight is 907 g/mol. The maximum absolute atomic E-state index is 14.2. The lowest BCUT2D eigenvalue weighted by Crippen LogP contribution is -2.62. The molecule has 0 bridgehead atoms. The van der Waals surface area contributed by atoms with E-state index in [0.717, 1.165) is 61.5 Å². The first-order valence-corrected chi connectivity index (χ1v) is 23.4. The van der Waals surface area contributed by atoms with Gasteiger partial charge in [-0.25, -0.2) is 18.1 Å². The zero-order valence-electron chi connectivity index (χ0n) is 36.1. The minimum Gasteiger partial charge on any atom is -0.455 e. The number of likely N-dealkylation sites (tertiary alicyclic amines) is 1. The summed E-state index contributed by atoms with van der Waals surface area (Å²) in [6.45, 7) is 11.0. The van der Waals surface area contributed by atoms with Crippen LogP contribution in [0.15, 0.2) is 102 Å². The van der Waals surface area contributed by atoms with Crippen molar-refractivity contribution in [2.24, 2.45) is 11.3 Å². The molecular weight excluding hydrogens is 854 g/mol. The van der Waals surface area contributed by atoms with Gasteiger partial charge in [-0.3, -0.25) is 19.8 Å². The molecule has 64 heavy (non-hydrogen) atoms. The first-order chi connectivity index (χ1) is 30.6. The van der Waals surface area contributed by atoms with Crippen LogP contribution < -0.4 is 24.6 Å². The monoisotopic (exact) mass is 905 g/mol. The van der Waals surface area contributed by atoms with E-state index in [4.69, 9.17) is 21.6 Å². The minimum absolute atomic E-state index is 0.0627. The quantitative estimate of drug-likeness (QED) is 0.0441. The lowest BCUT2D eigenvalue weighted by molar-refractivity contribution is -0.384. The fourth-order valence-corrected chi connectivity index (χ4v) is 10.3. The van der Waals surface area contributed by atoms with E-state index in [9.17, 15) is 23.3 Å². The standard InChI is InChI=1S/C47H52ClN9O6S/c1-46(2)17-14-34(15-18-46)47(3)31-55(36-8-6-35(48)7-9-36)23-24-56(47)37-10-12-40(43(26-37)63-38-25-33-16-20-50-44(33)52-29-38)45(58)53-64(61,62)39-11-13-41(42(27-39)57(59)60)51-28-32-5-4-21-54(30-32)22-19-49/h6-14,16,20,25-27,29,32,51H,4-5,15,17-18,21-24,28,30-31H2,1-3H3,(H,50,52)(H,53,58). The molecule has 2 aliphatic heterocycles. The highest BCUT2D eigenvalue weighted by Gasteiger charge is 2.43. The molecule has 3 aliphatic rings. The van der Waals surface area contributed by atoms with E-state index in [1.165, 1.54) is 23.9 Å². The third-order valence-electron chi connectivity index (χ3n) is 12.8. The Morgan fingerprint density at radius 2 is 1.86 bits per heavy atom. The SMILES string of the molecule is CC1(C)CC=C(C2(C)CN(c3ccc(Cl)cc3)CCN2c2ccc(C(=O)NS(=O)(=O)c3ccc(NCC4CCCN(CC#N)C4)c([N+](=O)[O-])c3)c(Oc3cnc4[nH]ccc4c3)c2)CC1. The smallest absolute Gasteiger partial charge is 0.293 e. The Balaban J connectivity index is 1.10. The zero-order valence-corrected chi connectivity index (χ0v) is 37.7. The number of rotatable bonds is 13. The molecule has 4 heterocycles. The van der Waals surface area contributed by atoms with Gasteiger partial charge in [0.2, 0.25) is 0 Å². The molecular formula is C47H52ClN9O6S. The van der Waals surface area contributed by atoms with Crippen molar-refractivity contribution in [3.05, 3.63) is 118 Å². The van der Waals surface area contributed by atoms with Crippen molar-refractivity contribution < 1.29 is 22.9 Å². The van der Waals surface area contributed by atoms with Crippen LogP contribution in [0, 0.1) is 32.8 Å². The molecule has 1 amide bonds. The third kappa shape index (κ3) is 9.67. The van der Waals surface area contributed by atoms with Crippen LogP contribution in [0.4, 0.5) is 22.7 Å². The van der Waals surface area contributed by atoms with Gasteiger partial charge in [-0.1, -0.05) is 31.5 Å². The summed E-state index contributed by atoms with van der Waals surface area (Å²) < 4.78 is 36.4. The van der Waals surface area contributed by atoms with Gasteiger partial charge in [0.15, 0.2) is 0 Å². The number of nitro benzene ring substituents is 1. The highest BCUT2D eigenvalue weighted by Crippen LogP contribution is 2.44. The van der Waals surface area contributed by atoms with E-state index in [2.05, 4.69) is 62.7 Å². The summed E-state index contributed by atoms with van der Waals surface area (Å²) >= 11 is 6.27. The molecule has 2 atom stereocenters. The van der Waals surface area contributed by atoms with E-state index in [-0.39, 0.29) is 28.3 Å². The molecule has 3 N–H and O–H groups in total. The molecule has 0 saturated carbocycles. The largest absolute Gasteiger partial charge is 0.455 e. The minimum atomic E-state index is -4.62. The van der Waals surface area contributed by atoms with Gasteiger partial charge in [-0.15, -0.1) is 0 Å². The normalized spacial score (nSPS) is 20.3. The van der Waals surface area contributed by atoms with Gasteiger partial charge in [-0.05, 0) is 123 Å². The van der Waals surface area contributed by atoms with Crippen LogP contribution in [0.5, 0.6) is 11.5 Å². The first kappa shape index (κ1) is 44.5. The lowest BCUT2D eigenvalue weighted by atomic mass is 9.72. The Morgan fingerprint density at radius 1 is 1.06 bits per heavy atom. The summed E-state index contributed by atoms with van der Waals surface area (Å²) in [6.07, 6.45) is 10.3. The van der Waals surface area contributed by atoms with Crippen LogP contribution in [0.25, 0.3) is 11.0 Å². The van der Waals surface area contributed by atoms with E-state index in [1.807, 2.05) is 41.3 Å². The number of aromatic amines is 1. The molecule has 334 valence electrons. The van der Waals surface area contributed by atoms with E-state index in [0.29, 0.717) is 55.7 Å². The molecule has 2 fully saturated rings. The molecule has 2 saturated heterocycles. The molecule has 17 heteroatoms. The zero-order chi connectivity index (χ0) is 45.2. The Labute approximate surface area is 378 Å². The van der Waals surface area contributed by atoms with Crippen molar-refractivity contribution in [3.8, 4) is 17.6 Å². The Morgan fingerprint density at radius 3 is 2.61 bits per heavy atom. The van der Waals surface area contributed by atoms with E-state index < -0.39 is 37.0 Å². The number of sulfonamides is 1. The number of nitro groups is 1. The number of H-pyrrole nitrogens is 1. The van der Waals surface area contributed by atoms with Crippen molar-refractivity contribution in [2.75, 3.05) is 60.9 Å². The van der Waals surface area contributed by atoms with Crippen LogP contribution in [-0.4, -0.2) is 85.5 Å². The lowest BCUT2D eigenvalue weighted by Gasteiger charge is -2.53. The number of allylic oxidation sites excluding steroid dienone is 1. The number of nitrogens with one attached hydrogen (secondary N) is 3. The number of halogens is 1. The van der Waals surface area contributed by atoms with E-state index >= 15 is 0 Å². The fourth-order valence-electron chi connectivity index (χ4n) is 9.21. The Bertz CT molecular complexity index is 2750. The maximum Gasteiger partial charge on any atom is 0.293 e. The highest BCUT2D eigenvalue weighted by atomic mass is 35.5. The number of aromatic nitrogens is 2. The van der Waals surface area contributed by atoms with Crippen LogP contribution >= 0.6 is 11.6 Å². The van der Waals surface area contributed by atoms with Gasteiger partial charge in [0.05, 0.1) is 39.7 Å². The number of hydrogen-bond acceptors (Lipinski definition) is 12. The number of hydrogen-bond donors (Lipinski definition) is 3. The van der Waals surface area contributed by atoms with Crippen molar-refractivity contribution in [2.45, 2.75) is 63.3 Å². The molecule has 15 nitrogen and oxygen atoms in total. The summed E-state index contributed by atoms with van der Waals surface area (Å²) in [5, 5.41) is 25.9. The summed E-state index contributed by atoms with van der Waals surface area (Å²) in [5.74, 6) is -0.394. The van der Waals surface area contributed by atoms with Crippen molar-refractivity contribution in [1.82, 2.24) is 19.6 Å². The summed E-state index contributed by atoms with van der Waals surface area (Å²) in [6, 6.07) is 22.3. The van der Waals surface area contributed by atoms with Gasteiger partial charge in [-0.2, -0.15) is 5.26 Å². The van der Waals surface area contributed by atoms with Crippen LogP contribution in [0.2, 0.25) is 5.02 Å². The van der Waals surface area contributed by atoms with Crippen LogP contribution in [-0.2, 0) is 10.0 Å². The van der Waals surface area contributed by atoms with Crippen molar-refractivity contribution >= 4 is 61.3 Å². The molecule has 1 aliphatic carbocycles. The van der Waals surface area contributed by atoms with Gasteiger partial charge in [0, 0.05) is 72.8 Å². The molecule has 3 aromatic carbocycles. The molecule has 0 radical (unpaired) electrons. The number of carbonyl (C=O) groups is 1. The number of anilines is 3. The Kier molecular flexibility index (Phi) is 12.6. The number of ether oxygens (including phenoxy) is 1. The highest BCUT2D eigenvalue weighted by molar-refractivity contribution is 7.90. The van der Waals surface area contributed by atoms with Crippen LogP contribution in [0.1, 0.15) is 63.2 Å². The van der Waals surface area contributed by atoms with Crippen LogP contribution in [0.3, 0.4) is 0 Å². The number of piperazine rings is 1. The number of nitriles is 1. The number of fused-ring (bicyclic) bond motifs is 1. The number of pyridine rings is 1. The second kappa shape index (κ2) is 18.1. The number of carbonyl (C=O) groups excluding carboxylic acids is 1. The van der Waals surface area contributed by atoms with Gasteiger partial charge in [0.1, 0.15) is 22.8 Å². The third-order valence-corrected chi connectivity index (χ3v) is 14.4. The number of piperidine rings is 1. The summed E-state index contributed by atoms with van der Waals surface area (Å²) in [4.78, 5) is 39.6. The predicted octanol–water partition coefficient (Wildman–Crippen LogP) is 8.90. The molecule has 0 spiro atoms. The summed E-state index contributed by atoms with van der Waals surface area (Å²) in [5.41, 5.74) is 3.15. The molecule has 5 aromatic rings. The fraction of sp³-hybridized carbons (Fsp3) is 0.383. The topological polar surface area (TPSA) is 190 Å². The predicted molar refractivity (Wildman–Crippen MR) is 249 cm³/mol. The molecule has 2 aromatic heterocycles. The molecule has 2 unspecified atom stereocenters. The molecule has 8 rings (SSSR count). The van der Waals surface area contributed by atoms with Crippen molar-refractivity contribution in [3.63, 3.8) is 0 Å². The second-order valence-corrected chi connectivity index (χ2v) is 20.1. The Hall–Kier alpha value is -6.15. The number of benzene rings is 3. The van der Waals surface area contributed by atoms with Crippen molar-refractivity contribution in [1.29, 1.82) is 5.26 Å². The average Bonchev–Trinajstić information content (AvgIpc) is 3.74. The van der Waals surface area contributed by atoms with E-state index in [1.54, 1.807) is 24.4 Å². The van der Waals surface area contributed by atoms with Gasteiger partial charge >= 0.3 is 0 Å². The van der Waals surface area contributed by atoms with Gasteiger partial charge < -0.3 is 24.8 Å². The number of amides is 1. The number of nitrogens with zero attached hydrogens (tertiary/aromatic N) is 6. The first-order valence-electron chi connectivity index (χ1n) is 21.5. The van der Waals surface area contributed by atoms with Gasteiger partial charge in [0.25, 0.3) is 21.6 Å². The second-order valence-electron chi connectivity index (χ2n) is 17.9.